The van der Waals surface area contributed by atoms with Gasteiger partial charge < -0.3 is 15.0 Å². The highest BCUT2D eigenvalue weighted by Crippen LogP contribution is 2.30. The summed E-state index contributed by atoms with van der Waals surface area (Å²) in [5.41, 5.74) is 1.16. The number of benzene rings is 2. The van der Waals surface area contributed by atoms with Gasteiger partial charge in [-0.15, -0.1) is 0 Å². The van der Waals surface area contributed by atoms with Crippen molar-refractivity contribution in [1.29, 1.82) is 0 Å². The fraction of sp³-hybridized carbons (Fsp3) is 0.500. The quantitative estimate of drug-likeness (QED) is 0.327. The third-order valence-corrected chi connectivity index (χ3v) is 7.82. The Hall–Kier alpha value is -2.78. The van der Waals surface area contributed by atoms with Gasteiger partial charge in [-0.1, -0.05) is 55.8 Å². The Morgan fingerprint density at radius 1 is 1.03 bits per heavy atom. The Kier molecular flexibility index (Phi) is 12.4. The molecule has 210 valence electrons. The zero-order chi connectivity index (χ0) is 28.3. The summed E-state index contributed by atoms with van der Waals surface area (Å²) in [7, 11) is -3.64. The van der Waals surface area contributed by atoms with Gasteiger partial charge in [0.15, 0.2) is 0 Å². The lowest BCUT2D eigenvalue weighted by Gasteiger charge is -2.32. The van der Waals surface area contributed by atoms with Crippen LogP contribution in [0.25, 0.3) is 0 Å². The van der Waals surface area contributed by atoms with Crippen LogP contribution in [-0.2, 0) is 26.2 Å². The number of sulfonamides is 1. The molecule has 0 heterocycles. The lowest BCUT2D eigenvalue weighted by molar-refractivity contribution is -0.141. The van der Waals surface area contributed by atoms with Crippen LogP contribution >= 0.6 is 11.6 Å². The van der Waals surface area contributed by atoms with E-state index in [-0.39, 0.29) is 43.8 Å². The van der Waals surface area contributed by atoms with Gasteiger partial charge in [-0.2, -0.15) is 0 Å². The highest BCUT2D eigenvalue weighted by atomic mass is 35.5. The third-order valence-electron chi connectivity index (χ3n) is 6.27. The van der Waals surface area contributed by atoms with Gasteiger partial charge in [0.2, 0.25) is 21.8 Å². The second-order valence-corrected chi connectivity index (χ2v) is 11.5. The molecule has 8 nitrogen and oxygen atoms in total. The number of rotatable bonds is 15. The summed E-state index contributed by atoms with van der Waals surface area (Å²) in [6.45, 7) is 8.25. The normalized spacial score (nSPS) is 12.9. The highest BCUT2D eigenvalue weighted by molar-refractivity contribution is 7.92. The molecule has 2 aromatic rings. The molecule has 0 aliphatic carbocycles. The maximum atomic E-state index is 13.6. The van der Waals surface area contributed by atoms with E-state index < -0.39 is 16.1 Å². The van der Waals surface area contributed by atoms with Crippen LogP contribution in [0, 0.1) is 0 Å². The molecule has 0 radical (unpaired) electrons. The standard InChI is InChI=1S/C28H40ClN3O5S/c1-6-21(4)30-28(34)24(7-2)31(20-22-14-9-10-15-23(22)29)27(33)18-13-19-32(38(5,35)36)25-16-11-12-17-26(25)37-8-3/h9-12,14-17,21,24H,6-8,13,18-20H2,1-5H3,(H,30,34)/t21-,24+/m1/s1. The number of carbonyl (C=O) groups excluding carboxylic acids is 2. The second kappa shape index (κ2) is 15.0. The van der Waals surface area contributed by atoms with Crippen molar-refractivity contribution in [2.75, 3.05) is 23.7 Å². The van der Waals surface area contributed by atoms with Gasteiger partial charge in [0.1, 0.15) is 11.8 Å². The lowest BCUT2D eigenvalue weighted by Crippen LogP contribution is -2.50. The molecule has 10 heteroatoms. The Balaban J connectivity index is 2.27. The predicted molar refractivity (Wildman–Crippen MR) is 153 cm³/mol. The maximum Gasteiger partial charge on any atom is 0.243 e. The molecular formula is C28H40ClN3O5S. The van der Waals surface area contributed by atoms with Crippen molar-refractivity contribution < 1.29 is 22.7 Å². The molecule has 0 bridgehead atoms. The monoisotopic (exact) mass is 565 g/mol. The first-order valence-electron chi connectivity index (χ1n) is 13.1. The first-order chi connectivity index (χ1) is 18.0. The van der Waals surface area contributed by atoms with Crippen molar-refractivity contribution in [2.24, 2.45) is 0 Å². The van der Waals surface area contributed by atoms with E-state index in [1.807, 2.05) is 45.9 Å². The minimum Gasteiger partial charge on any atom is -0.492 e. The Bertz CT molecular complexity index is 1170. The van der Waals surface area contributed by atoms with Crippen molar-refractivity contribution in [3.05, 3.63) is 59.1 Å². The van der Waals surface area contributed by atoms with Crippen LogP contribution in [0.4, 0.5) is 5.69 Å². The summed E-state index contributed by atoms with van der Waals surface area (Å²) in [6.07, 6.45) is 2.64. The molecule has 0 unspecified atom stereocenters. The number of ether oxygens (including phenoxy) is 1. The van der Waals surface area contributed by atoms with Crippen molar-refractivity contribution in [1.82, 2.24) is 10.2 Å². The molecular weight excluding hydrogens is 526 g/mol. The topological polar surface area (TPSA) is 96.0 Å². The zero-order valence-corrected chi connectivity index (χ0v) is 24.5. The van der Waals surface area contributed by atoms with E-state index >= 15 is 0 Å². The number of anilines is 1. The van der Waals surface area contributed by atoms with Crippen molar-refractivity contribution in [2.45, 2.75) is 72.0 Å². The Morgan fingerprint density at radius 2 is 1.68 bits per heavy atom. The average molecular weight is 566 g/mol. The number of halogens is 1. The van der Waals surface area contributed by atoms with E-state index in [1.54, 1.807) is 35.2 Å². The fourth-order valence-electron chi connectivity index (χ4n) is 4.09. The number of hydrogen-bond donors (Lipinski definition) is 1. The fourth-order valence-corrected chi connectivity index (χ4v) is 5.26. The van der Waals surface area contributed by atoms with Gasteiger partial charge in [-0.25, -0.2) is 8.42 Å². The van der Waals surface area contributed by atoms with Crippen molar-refractivity contribution in [3.8, 4) is 5.75 Å². The van der Waals surface area contributed by atoms with Gasteiger partial charge in [0.05, 0.1) is 18.6 Å². The van der Waals surface area contributed by atoms with Gasteiger partial charge in [-0.3, -0.25) is 13.9 Å². The third kappa shape index (κ3) is 8.91. The molecule has 0 fully saturated rings. The van der Waals surface area contributed by atoms with Crippen LogP contribution in [-0.4, -0.2) is 56.6 Å². The molecule has 0 spiro atoms. The number of para-hydroxylation sites is 2. The number of hydrogen-bond acceptors (Lipinski definition) is 5. The molecule has 2 rings (SSSR count). The predicted octanol–water partition coefficient (Wildman–Crippen LogP) is 5.01. The van der Waals surface area contributed by atoms with Crippen LogP contribution < -0.4 is 14.4 Å². The van der Waals surface area contributed by atoms with E-state index in [4.69, 9.17) is 16.3 Å². The smallest absolute Gasteiger partial charge is 0.243 e. The Labute approximate surface area is 232 Å². The second-order valence-electron chi connectivity index (χ2n) is 9.19. The molecule has 2 amide bonds. The van der Waals surface area contributed by atoms with Crippen molar-refractivity contribution in [3.63, 3.8) is 0 Å². The highest BCUT2D eigenvalue weighted by Gasteiger charge is 2.30. The van der Waals surface area contributed by atoms with Gasteiger partial charge in [-0.05, 0) is 56.9 Å². The van der Waals surface area contributed by atoms with Crippen LogP contribution in [0.15, 0.2) is 48.5 Å². The molecule has 0 aromatic heterocycles. The molecule has 2 aromatic carbocycles. The van der Waals surface area contributed by atoms with Crippen LogP contribution in [0.3, 0.4) is 0 Å². The van der Waals surface area contributed by atoms with Gasteiger partial charge >= 0.3 is 0 Å². The van der Waals surface area contributed by atoms with E-state index in [0.29, 0.717) is 29.5 Å². The first-order valence-corrected chi connectivity index (χ1v) is 15.3. The minimum absolute atomic E-state index is 0.0254. The van der Waals surface area contributed by atoms with Gasteiger partial charge in [0.25, 0.3) is 0 Å². The lowest BCUT2D eigenvalue weighted by atomic mass is 10.1. The molecule has 1 N–H and O–H groups in total. The molecule has 0 aliphatic rings. The van der Waals surface area contributed by atoms with Crippen LogP contribution in [0.5, 0.6) is 5.75 Å². The van der Waals surface area contributed by atoms with E-state index in [1.165, 1.54) is 4.31 Å². The van der Waals surface area contributed by atoms with Crippen LogP contribution in [0.1, 0.15) is 58.9 Å². The summed E-state index contributed by atoms with van der Waals surface area (Å²) >= 11 is 6.39. The summed E-state index contributed by atoms with van der Waals surface area (Å²) in [4.78, 5) is 28.2. The number of nitrogens with one attached hydrogen (secondary N) is 1. The number of amides is 2. The number of carbonyl (C=O) groups is 2. The molecule has 2 atom stereocenters. The van der Waals surface area contributed by atoms with Crippen molar-refractivity contribution >= 4 is 39.1 Å². The van der Waals surface area contributed by atoms with E-state index in [9.17, 15) is 18.0 Å². The molecule has 0 saturated heterocycles. The number of nitrogens with zero attached hydrogens (tertiary/aromatic N) is 2. The van der Waals surface area contributed by atoms with E-state index in [0.717, 1.165) is 18.2 Å². The Morgan fingerprint density at radius 3 is 2.29 bits per heavy atom. The summed E-state index contributed by atoms with van der Waals surface area (Å²) < 4.78 is 32.2. The summed E-state index contributed by atoms with van der Waals surface area (Å²) in [5, 5.41) is 3.50. The van der Waals surface area contributed by atoms with E-state index in [2.05, 4.69) is 5.32 Å². The molecule has 0 saturated carbocycles. The zero-order valence-electron chi connectivity index (χ0n) is 22.9. The first kappa shape index (κ1) is 31.4. The largest absolute Gasteiger partial charge is 0.492 e. The SMILES string of the molecule is CCOc1ccccc1N(CCCC(=O)N(Cc1ccccc1Cl)[C@@H](CC)C(=O)N[C@H](C)CC)S(C)(=O)=O. The summed E-state index contributed by atoms with van der Waals surface area (Å²) in [6, 6.07) is 13.4. The van der Waals surface area contributed by atoms with Crippen LogP contribution in [0.2, 0.25) is 5.02 Å². The minimum atomic E-state index is -3.64. The van der Waals surface area contributed by atoms with Gasteiger partial charge in [0, 0.05) is 30.6 Å². The average Bonchev–Trinajstić information content (AvgIpc) is 2.87. The molecule has 0 aliphatic heterocycles. The maximum absolute atomic E-state index is 13.6. The summed E-state index contributed by atoms with van der Waals surface area (Å²) in [5.74, 6) is -0.00636. The molecule has 38 heavy (non-hydrogen) atoms.